The monoisotopic (exact) mass is 643 g/mol. The number of carbonyl (C=O) groups is 2. The SMILES string of the molecule is Cc1ccc(C2/C(=C(\O)c3ccc(OCc4ccccc4C)cc3)C(=O)C(=O)N2c2nnc(SCc3ccccc3Cl)s2)o1. The van der Waals surface area contributed by atoms with Crippen LogP contribution >= 0.6 is 34.7 Å². The van der Waals surface area contributed by atoms with Crippen molar-refractivity contribution in [1.29, 1.82) is 0 Å². The van der Waals surface area contributed by atoms with Crippen LogP contribution in [-0.4, -0.2) is 27.0 Å². The third kappa shape index (κ3) is 6.01. The molecule has 6 rings (SSSR count). The average molecular weight is 644 g/mol. The molecule has 3 aromatic carbocycles. The summed E-state index contributed by atoms with van der Waals surface area (Å²) in [4.78, 5) is 28.2. The highest BCUT2D eigenvalue weighted by Crippen LogP contribution is 2.44. The van der Waals surface area contributed by atoms with Crippen LogP contribution in [0.15, 0.2) is 99.3 Å². The van der Waals surface area contributed by atoms with E-state index in [4.69, 9.17) is 20.8 Å². The van der Waals surface area contributed by atoms with Gasteiger partial charge in [0.15, 0.2) is 4.34 Å². The van der Waals surface area contributed by atoms with Crippen LogP contribution in [0, 0.1) is 13.8 Å². The lowest BCUT2D eigenvalue weighted by molar-refractivity contribution is -0.132. The van der Waals surface area contributed by atoms with Crippen LogP contribution in [0.4, 0.5) is 5.13 Å². The number of hydrogen-bond acceptors (Lipinski definition) is 9. The number of carbonyl (C=O) groups excluding carboxylic acids is 2. The molecule has 1 aliphatic heterocycles. The van der Waals surface area contributed by atoms with Gasteiger partial charge in [0.1, 0.15) is 35.7 Å². The minimum absolute atomic E-state index is 0.0987. The Labute approximate surface area is 267 Å². The number of ketones is 1. The number of aromatic nitrogens is 2. The quantitative estimate of drug-likeness (QED) is 0.0568. The van der Waals surface area contributed by atoms with Crippen LogP contribution in [0.3, 0.4) is 0 Å². The van der Waals surface area contributed by atoms with E-state index in [-0.39, 0.29) is 16.5 Å². The molecule has 0 bridgehead atoms. The second-order valence-electron chi connectivity index (χ2n) is 10.1. The number of aliphatic hydroxyl groups is 1. The molecular weight excluding hydrogens is 618 g/mol. The maximum Gasteiger partial charge on any atom is 0.302 e. The van der Waals surface area contributed by atoms with Crippen molar-refractivity contribution in [3.8, 4) is 5.75 Å². The van der Waals surface area contributed by atoms with Gasteiger partial charge in [0, 0.05) is 16.3 Å². The Morgan fingerprint density at radius 2 is 1.70 bits per heavy atom. The van der Waals surface area contributed by atoms with Gasteiger partial charge in [-0.25, -0.2) is 0 Å². The molecule has 1 atom stereocenters. The van der Waals surface area contributed by atoms with Crippen molar-refractivity contribution in [3.63, 3.8) is 0 Å². The van der Waals surface area contributed by atoms with E-state index in [0.717, 1.165) is 16.7 Å². The van der Waals surface area contributed by atoms with Gasteiger partial charge in [-0.2, -0.15) is 0 Å². The zero-order valence-electron chi connectivity index (χ0n) is 23.7. The van der Waals surface area contributed by atoms with E-state index in [1.807, 2.05) is 55.5 Å². The topological polar surface area (TPSA) is 106 Å². The molecule has 0 aliphatic carbocycles. The first-order chi connectivity index (χ1) is 21.3. The van der Waals surface area contributed by atoms with Gasteiger partial charge in [0.25, 0.3) is 5.78 Å². The van der Waals surface area contributed by atoms with Crippen molar-refractivity contribution in [2.24, 2.45) is 0 Å². The number of hydrogen-bond donors (Lipinski definition) is 1. The summed E-state index contributed by atoms with van der Waals surface area (Å²) in [6, 6.07) is 24.6. The fourth-order valence-electron chi connectivity index (χ4n) is 4.81. The molecule has 0 saturated carbocycles. The number of halogens is 1. The Kier molecular flexibility index (Phi) is 8.56. The number of benzene rings is 3. The van der Waals surface area contributed by atoms with Crippen LogP contribution in [-0.2, 0) is 21.9 Å². The molecule has 1 N–H and O–H groups in total. The van der Waals surface area contributed by atoms with Crippen LogP contribution in [0.25, 0.3) is 5.76 Å². The number of anilines is 1. The van der Waals surface area contributed by atoms with Crippen molar-refractivity contribution in [2.45, 2.75) is 36.6 Å². The zero-order valence-corrected chi connectivity index (χ0v) is 26.1. The first kappa shape index (κ1) is 29.7. The van der Waals surface area contributed by atoms with Gasteiger partial charge < -0.3 is 14.3 Å². The van der Waals surface area contributed by atoms with Gasteiger partial charge in [0.2, 0.25) is 5.13 Å². The number of nitrogens with zero attached hydrogens (tertiary/aromatic N) is 3. The Balaban J connectivity index is 1.29. The summed E-state index contributed by atoms with van der Waals surface area (Å²) >= 11 is 8.88. The minimum Gasteiger partial charge on any atom is -0.507 e. The lowest BCUT2D eigenvalue weighted by Crippen LogP contribution is -2.29. The summed E-state index contributed by atoms with van der Waals surface area (Å²) < 4.78 is 12.4. The number of amides is 1. The standard InChI is InChI=1S/C33H26ClN3O5S2/c1-19-7-3-4-8-22(19)17-41-24-14-12-21(13-15-24)29(38)27-28(26-16-11-20(2)42-26)37(31(40)30(27)39)32-35-36-33(44-32)43-18-23-9-5-6-10-25(23)34/h3-16,28,38H,17-18H2,1-2H3/b29-27+. The summed E-state index contributed by atoms with van der Waals surface area (Å²) in [7, 11) is 0. The number of aliphatic hydroxyl groups excluding tert-OH is 1. The molecule has 1 amide bonds. The highest BCUT2D eigenvalue weighted by atomic mass is 35.5. The molecule has 222 valence electrons. The van der Waals surface area contributed by atoms with E-state index in [9.17, 15) is 14.7 Å². The number of Topliss-reactive ketones (excluding diaryl/α,β-unsaturated/α-hetero) is 1. The molecule has 44 heavy (non-hydrogen) atoms. The van der Waals surface area contributed by atoms with E-state index in [1.165, 1.54) is 28.0 Å². The molecule has 5 aromatic rings. The Bertz CT molecular complexity index is 1880. The lowest BCUT2D eigenvalue weighted by atomic mass is 9.99. The van der Waals surface area contributed by atoms with Gasteiger partial charge in [-0.3, -0.25) is 14.5 Å². The molecule has 1 saturated heterocycles. The van der Waals surface area contributed by atoms with E-state index >= 15 is 0 Å². The summed E-state index contributed by atoms with van der Waals surface area (Å²) in [5, 5.41) is 20.8. The molecular formula is C33H26ClN3O5S2. The highest BCUT2D eigenvalue weighted by molar-refractivity contribution is 8.00. The summed E-state index contributed by atoms with van der Waals surface area (Å²) in [5.41, 5.74) is 3.39. The second-order valence-corrected chi connectivity index (χ2v) is 12.7. The van der Waals surface area contributed by atoms with E-state index in [2.05, 4.69) is 10.2 Å². The van der Waals surface area contributed by atoms with E-state index in [1.54, 1.807) is 43.3 Å². The maximum atomic E-state index is 13.5. The first-order valence-electron chi connectivity index (χ1n) is 13.6. The van der Waals surface area contributed by atoms with Gasteiger partial charge in [-0.05, 0) is 73.0 Å². The van der Waals surface area contributed by atoms with Gasteiger partial charge in [0.05, 0.1) is 5.57 Å². The molecule has 2 aromatic heterocycles. The normalized spacial score (nSPS) is 16.1. The first-order valence-corrected chi connectivity index (χ1v) is 15.8. The van der Waals surface area contributed by atoms with Crippen LogP contribution < -0.4 is 9.64 Å². The average Bonchev–Trinajstić information content (AvgIpc) is 3.74. The Hall–Kier alpha value is -4.38. The number of ether oxygens (including phenoxy) is 1. The highest BCUT2D eigenvalue weighted by Gasteiger charge is 2.49. The molecule has 0 radical (unpaired) electrons. The fourth-order valence-corrected chi connectivity index (χ4v) is 6.96. The summed E-state index contributed by atoms with van der Waals surface area (Å²) in [5.74, 6) is 0.0613. The fraction of sp³-hybridized carbons (Fsp3) is 0.152. The number of rotatable bonds is 9. The smallest absolute Gasteiger partial charge is 0.302 e. The second kappa shape index (κ2) is 12.7. The zero-order chi connectivity index (χ0) is 30.8. The van der Waals surface area contributed by atoms with Crippen LogP contribution in [0.1, 0.15) is 39.8 Å². The van der Waals surface area contributed by atoms with Crippen molar-refractivity contribution < 1.29 is 23.8 Å². The molecule has 11 heteroatoms. The van der Waals surface area contributed by atoms with Gasteiger partial charge in [-0.1, -0.05) is 77.2 Å². The predicted molar refractivity (Wildman–Crippen MR) is 171 cm³/mol. The number of furan rings is 1. The van der Waals surface area contributed by atoms with Crippen molar-refractivity contribution in [1.82, 2.24) is 10.2 Å². The van der Waals surface area contributed by atoms with Crippen molar-refractivity contribution in [2.75, 3.05) is 4.90 Å². The predicted octanol–water partition coefficient (Wildman–Crippen LogP) is 7.90. The third-order valence-corrected chi connectivity index (χ3v) is 9.64. The molecule has 8 nitrogen and oxygen atoms in total. The van der Waals surface area contributed by atoms with Gasteiger partial charge >= 0.3 is 5.91 Å². The number of aryl methyl sites for hydroxylation is 2. The Morgan fingerprint density at radius 3 is 2.41 bits per heavy atom. The lowest BCUT2D eigenvalue weighted by Gasteiger charge is -2.20. The molecule has 1 aliphatic rings. The molecule has 3 heterocycles. The molecule has 1 unspecified atom stereocenters. The molecule has 1 fully saturated rings. The van der Waals surface area contributed by atoms with E-state index < -0.39 is 17.7 Å². The minimum atomic E-state index is -1.03. The van der Waals surface area contributed by atoms with Crippen LogP contribution in [0.5, 0.6) is 5.75 Å². The summed E-state index contributed by atoms with van der Waals surface area (Å²) in [6.07, 6.45) is 0. The largest absolute Gasteiger partial charge is 0.507 e. The third-order valence-electron chi connectivity index (χ3n) is 7.17. The Morgan fingerprint density at radius 1 is 0.977 bits per heavy atom. The van der Waals surface area contributed by atoms with Crippen LogP contribution in [0.2, 0.25) is 5.02 Å². The maximum absolute atomic E-state index is 13.5. The number of thioether (sulfide) groups is 1. The molecule has 0 spiro atoms. The van der Waals surface area contributed by atoms with Crippen molar-refractivity contribution >= 4 is 57.3 Å². The van der Waals surface area contributed by atoms with Gasteiger partial charge in [-0.15, -0.1) is 10.2 Å². The van der Waals surface area contributed by atoms with Crippen molar-refractivity contribution in [3.05, 3.63) is 129 Å². The van der Waals surface area contributed by atoms with E-state index in [0.29, 0.717) is 44.6 Å². The summed E-state index contributed by atoms with van der Waals surface area (Å²) in [6.45, 7) is 4.18.